The Hall–Kier alpha value is -1.73. The Kier molecular flexibility index (Phi) is 6.01. The summed E-state index contributed by atoms with van der Waals surface area (Å²) in [6.07, 6.45) is 3.01. The number of halogens is 1. The van der Waals surface area contributed by atoms with Gasteiger partial charge in [-0.1, -0.05) is 41.4 Å². The van der Waals surface area contributed by atoms with Gasteiger partial charge in [0.1, 0.15) is 5.41 Å². The normalized spacial score (nSPS) is 21.0. The number of aromatic nitrogens is 1. The SMILES string of the molecule is CCC1CC(C(=O)Nc2nc(C(C)(C(=O)OC)c3ccc(Br)cc3)cs2)C1. The van der Waals surface area contributed by atoms with Gasteiger partial charge in [-0.25, -0.2) is 4.98 Å². The lowest BCUT2D eigenvalue weighted by Gasteiger charge is -2.33. The third-order valence-electron chi connectivity index (χ3n) is 5.45. The molecule has 0 saturated heterocycles. The number of thiazole rings is 1. The number of rotatable bonds is 6. The summed E-state index contributed by atoms with van der Waals surface area (Å²) in [5.74, 6) is 0.357. The highest BCUT2D eigenvalue weighted by atomic mass is 79.9. The maximum absolute atomic E-state index is 12.6. The van der Waals surface area contributed by atoms with Crippen LogP contribution in [0.2, 0.25) is 0 Å². The van der Waals surface area contributed by atoms with Crippen LogP contribution in [0, 0.1) is 11.8 Å². The van der Waals surface area contributed by atoms with E-state index < -0.39 is 11.4 Å². The number of esters is 1. The van der Waals surface area contributed by atoms with Crippen molar-refractivity contribution in [1.29, 1.82) is 0 Å². The molecule has 1 saturated carbocycles. The molecule has 1 heterocycles. The lowest BCUT2D eigenvalue weighted by Crippen LogP contribution is -2.36. The standard InChI is InChI=1S/C20H23BrN2O3S/c1-4-12-9-13(10-12)17(24)23-19-22-16(11-27-19)20(2,18(25)26-3)14-5-7-15(21)8-6-14/h5-8,11-13H,4,9-10H2,1-3H3,(H,22,23,24). The zero-order valence-corrected chi connectivity index (χ0v) is 18.0. The first kappa shape index (κ1) is 20.0. The van der Waals surface area contributed by atoms with Crippen LogP contribution in [-0.2, 0) is 19.7 Å². The minimum Gasteiger partial charge on any atom is -0.468 e. The fourth-order valence-electron chi connectivity index (χ4n) is 3.41. The summed E-state index contributed by atoms with van der Waals surface area (Å²) >= 11 is 4.74. The molecule has 0 aliphatic heterocycles. The van der Waals surface area contributed by atoms with Crippen LogP contribution in [0.15, 0.2) is 34.1 Å². The summed E-state index contributed by atoms with van der Waals surface area (Å²) in [7, 11) is 1.37. The molecule has 1 aliphatic carbocycles. The van der Waals surface area contributed by atoms with E-state index in [9.17, 15) is 9.59 Å². The molecule has 3 rings (SSSR count). The summed E-state index contributed by atoms with van der Waals surface area (Å²) in [4.78, 5) is 29.5. The molecule has 144 valence electrons. The van der Waals surface area contributed by atoms with Crippen LogP contribution < -0.4 is 5.32 Å². The summed E-state index contributed by atoms with van der Waals surface area (Å²) in [5.41, 5.74) is 0.307. The Morgan fingerprint density at radius 1 is 1.33 bits per heavy atom. The van der Waals surface area contributed by atoms with E-state index in [1.165, 1.54) is 18.4 Å². The number of nitrogens with one attached hydrogen (secondary N) is 1. The fourth-order valence-corrected chi connectivity index (χ4v) is 4.50. The van der Waals surface area contributed by atoms with Gasteiger partial charge in [-0.15, -0.1) is 11.3 Å². The second kappa shape index (κ2) is 8.10. The van der Waals surface area contributed by atoms with E-state index in [-0.39, 0.29) is 11.8 Å². The summed E-state index contributed by atoms with van der Waals surface area (Å²) in [5, 5.41) is 5.23. The van der Waals surface area contributed by atoms with Crippen molar-refractivity contribution in [2.45, 2.75) is 38.5 Å². The predicted octanol–water partition coefficient (Wildman–Crippen LogP) is 4.76. The zero-order valence-electron chi connectivity index (χ0n) is 15.6. The number of hydrogen-bond donors (Lipinski definition) is 1. The highest BCUT2D eigenvalue weighted by Crippen LogP contribution is 2.38. The topological polar surface area (TPSA) is 68.3 Å². The highest BCUT2D eigenvalue weighted by Gasteiger charge is 2.41. The molecule has 1 amide bonds. The number of carbonyl (C=O) groups is 2. The molecule has 1 aromatic heterocycles. The fraction of sp³-hybridized carbons (Fsp3) is 0.450. The molecule has 1 aliphatic rings. The van der Waals surface area contributed by atoms with E-state index in [1.54, 1.807) is 6.92 Å². The Labute approximate surface area is 171 Å². The lowest BCUT2D eigenvalue weighted by molar-refractivity contribution is -0.145. The smallest absolute Gasteiger partial charge is 0.322 e. The van der Waals surface area contributed by atoms with Crippen molar-refractivity contribution in [2.75, 3.05) is 12.4 Å². The van der Waals surface area contributed by atoms with Gasteiger partial charge in [-0.2, -0.15) is 0 Å². The molecule has 0 radical (unpaired) electrons. The minimum atomic E-state index is -1.04. The molecular weight excluding hydrogens is 428 g/mol. The molecule has 2 aromatic rings. The second-order valence-electron chi connectivity index (χ2n) is 7.09. The molecule has 1 atom stereocenters. The molecule has 1 fully saturated rings. The summed E-state index contributed by atoms with van der Waals surface area (Å²) in [6.45, 7) is 3.95. The number of methoxy groups -OCH3 is 1. The molecule has 0 spiro atoms. The zero-order chi connectivity index (χ0) is 19.6. The highest BCUT2D eigenvalue weighted by molar-refractivity contribution is 9.10. The van der Waals surface area contributed by atoms with Crippen molar-refractivity contribution in [1.82, 2.24) is 4.98 Å². The van der Waals surface area contributed by atoms with Crippen molar-refractivity contribution >= 4 is 44.3 Å². The molecule has 0 bridgehead atoms. The number of anilines is 1. The Morgan fingerprint density at radius 2 is 2.00 bits per heavy atom. The van der Waals surface area contributed by atoms with Crippen molar-refractivity contribution in [3.05, 3.63) is 45.4 Å². The molecule has 5 nitrogen and oxygen atoms in total. The third kappa shape index (κ3) is 3.94. The Bertz CT molecular complexity index is 830. The number of amides is 1. The average molecular weight is 451 g/mol. The molecule has 1 aromatic carbocycles. The van der Waals surface area contributed by atoms with Crippen LogP contribution in [0.4, 0.5) is 5.13 Å². The maximum Gasteiger partial charge on any atom is 0.322 e. The molecular formula is C20H23BrN2O3S. The number of hydrogen-bond acceptors (Lipinski definition) is 5. The first-order chi connectivity index (χ1) is 12.9. The van der Waals surface area contributed by atoms with Gasteiger partial charge < -0.3 is 10.1 Å². The van der Waals surface area contributed by atoms with Crippen molar-refractivity contribution in [2.24, 2.45) is 11.8 Å². The van der Waals surface area contributed by atoms with E-state index in [0.717, 1.165) is 29.3 Å². The van der Waals surface area contributed by atoms with E-state index >= 15 is 0 Å². The predicted molar refractivity (Wildman–Crippen MR) is 110 cm³/mol. The lowest BCUT2D eigenvalue weighted by atomic mass is 9.73. The Morgan fingerprint density at radius 3 is 2.59 bits per heavy atom. The van der Waals surface area contributed by atoms with E-state index in [0.29, 0.717) is 16.7 Å². The summed E-state index contributed by atoms with van der Waals surface area (Å²) in [6, 6.07) is 7.51. The van der Waals surface area contributed by atoms with Gasteiger partial charge in [0.25, 0.3) is 0 Å². The van der Waals surface area contributed by atoms with Crippen molar-refractivity contribution in [3.63, 3.8) is 0 Å². The molecule has 1 unspecified atom stereocenters. The minimum absolute atomic E-state index is 0.0176. The van der Waals surface area contributed by atoms with Gasteiger partial charge in [0.15, 0.2) is 5.13 Å². The molecule has 1 N–H and O–H groups in total. The van der Waals surface area contributed by atoms with Crippen LogP contribution in [0.3, 0.4) is 0 Å². The van der Waals surface area contributed by atoms with Gasteiger partial charge >= 0.3 is 5.97 Å². The van der Waals surface area contributed by atoms with Crippen molar-refractivity contribution < 1.29 is 14.3 Å². The number of carbonyl (C=O) groups excluding carboxylic acids is 2. The number of nitrogens with zero attached hydrogens (tertiary/aromatic N) is 1. The van der Waals surface area contributed by atoms with Crippen LogP contribution >= 0.6 is 27.3 Å². The van der Waals surface area contributed by atoms with Gasteiger partial charge in [-0.05, 0) is 43.4 Å². The number of ether oxygens (including phenoxy) is 1. The Balaban J connectivity index is 1.81. The van der Waals surface area contributed by atoms with Crippen LogP contribution in [0.1, 0.15) is 44.4 Å². The first-order valence-electron chi connectivity index (χ1n) is 8.99. The van der Waals surface area contributed by atoms with E-state index in [1.807, 2.05) is 29.6 Å². The third-order valence-corrected chi connectivity index (χ3v) is 6.73. The maximum atomic E-state index is 12.6. The van der Waals surface area contributed by atoms with Gasteiger partial charge in [-0.3, -0.25) is 9.59 Å². The van der Waals surface area contributed by atoms with Crippen LogP contribution in [-0.4, -0.2) is 24.0 Å². The first-order valence-corrected chi connectivity index (χ1v) is 10.7. The van der Waals surface area contributed by atoms with Crippen LogP contribution in [0.5, 0.6) is 0 Å². The van der Waals surface area contributed by atoms with Gasteiger partial charge in [0, 0.05) is 15.8 Å². The van der Waals surface area contributed by atoms with Crippen molar-refractivity contribution in [3.8, 4) is 0 Å². The molecule has 7 heteroatoms. The van der Waals surface area contributed by atoms with Crippen LogP contribution in [0.25, 0.3) is 0 Å². The monoisotopic (exact) mass is 450 g/mol. The van der Waals surface area contributed by atoms with Gasteiger partial charge in [0.05, 0.1) is 12.8 Å². The average Bonchev–Trinajstić information content (AvgIpc) is 3.09. The largest absolute Gasteiger partial charge is 0.468 e. The van der Waals surface area contributed by atoms with E-state index in [2.05, 4.69) is 33.2 Å². The molecule has 27 heavy (non-hydrogen) atoms. The summed E-state index contributed by atoms with van der Waals surface area (Å²) < 4.78 is 5.99. The van der Waals surface area contributed by atoms with E-state index in [4.69, 9.17) is 4.74 Å². The van der Waals surface area contributed by atoms with Gasteiger partial charge in [0.2, 0.25) is 5.91 Å². The number of benzene rings is 1. The second-order valence-corrected chi connectivity index (χ2v) is 8.87. The quantitative estimate of drug-likeness (QED) is 0.644.